The Morgan fingerprint density at radius 3 is 2.55 bits per heavy atom. The summed E-state index contributed by atoms with van der Waals surface area (Å²) in [6, 6.07) is 0.154. The molecular formula is C8H19NO2. The monoisotopic (exact) mass is 161 g/mol. The number of hydrogen-bond acceptors (Lipinski definition) is 3. The van der Waals surface area contributed by atoms with E-state index in [2.05, 4.69) is 5.32 Å². The summed E-state index contributed by atoms with van der Waals surface area (Å²) in [6.07, 6.45) is 0.558. The second-order valence-electron chi connectivity index (χ2n) is 2.62. The molecule has 0 saturated heterocycles. The first-order valence-corrected chi connectivity index (χ1v) is 4.15. The second kappa shape index (κ2) is 6.58. The van der Waals surface area contributed by atoms with Gasteiger partial charge in [-0.15, -0.1) is 0 Å². The van der Waals surface area contributed by atoms with Crippen molar-refractivity contribution in [3.05, 3.63) is 0 Å². The van der Waals surface area contributed by atoms with Crippen molar-refractivity contribution in [3.63, 3.8) is 0 Å². The number of rotatable bonds is 6. The van der Waals surface area contributed by atoms with Crippen molar-refractivity contribution in [1.82, 2.24) is 5.32 Å². The lowest BCUT2D eigenvalue weighted by atomic mass is 10.1. The lowest BCUT2D eigenvalue weighted by Gasteiger charge is -2.18. The number of hydrogen-bond donors (Lipinski definition) is 2. The molecule has 0 aliphatic carbocycles. The first-order chi connectivity index (χ1) is 5.22. The smallest absolute Gasteiger partial charge is 0.0665 e. The Labute approximate surface area is 68.8 Å². The van der Waals surface area contributed by atoms with Crippen molar-refractivity contribution in [2.75, 3.05) is 20.3 Å². The molecule has 2 atom stereocenters. The fourth-order valence-corrected chi connectivity index (χ4v) is 0.981. The average Bonchev–Trinajstić information content (AvgIpc) is 1.97. The summed E-state index contributed by atoms with van der Waals surface area (Å²) in [5, 5.41) is 12.2. The van der Waals surface area contributed by atoms with Crippen LogP contribution in [0.4, 0.5) is 0 Å². The van der Waals surface area contributed by atoms with Gasteiger partial charge in [-0.3, -0.25) is 0 Å². The molecule has 0 fully saturated rings. The van der Waals surface area contributed by atoms with Gasteiger partial charge in [0.05, 0.1) is 6.10 Å². The van der Waals surface area contributed by atoms with Gasteiger partial charge in [0.2, 0.25) is 0 Å². The van der Waals surface area contributed by atoms with Gasteiger partial charge in [0.25, 0.3) is 0 Å². The topological polar surface area (TPSA) is 41.5 Å². The minimum Gasteiger partial charge on any atom is -0.392 e. The predicted molar refractivity (Wildman–Crippen MR) is 45.6 cm³/mol. The highest BCUT2D eigenvalue weighted by atomic mass is 16.5. The molecule has 0 aromatic heterocycles. The van der Waals surface area contributed by atoms with E-state index in [4.69, 9.17) is 4.74 Å². The summed E-state index contributed by atoms with van der Waals surface area (Å²) in [6.45, 7) is 5.22. The van der Waals surface area contributed by atoms with Crippen LogP contribution in [0.3, 0.4) is 0 Å². The SMILES string of the molecule is CCOCCC(NC)[C@@H](C)O. The van der Waals surface area contributed by atoms with E-state index in [0.29, 0.717) is 6.61 Å². The molecular weight excluding hydrogens is 142 g/mol. The maximum absolute atomic E-state index is 9.19. The van der Waals surface area contributed by atoms with Gasteiger partial charge in [-0.1, -0.05) is 0 Å². The summed E-state index contributed by atoms with van der Waals surface area (Å²) in [5.74, 6) is 0. The largest absolute Gasteiger partial charge is 0.392 e. The third-order valence-electron chi connectivity index (χ3n) is 1.73. The summed E-state index contributed by atoms with van der Waals surface area (Å²) in [5.41, 5.74) is 0. The Balaban J connectivity index is 3.36. The quantitative estimate of drug-likeness (QED) is 0.553. The first-order valence-electron chi connectivity index (χ1n) is 4.15. The summed E-state index contributed by atoms with van der Waals surface area (Å²) in [4.78, 5) is 0. The first kappa shape index (κ1) is 10.9. The van der Waals surface area contributed by atoms with Crippen molar-refractivity contribution in [3.8, 4) is 0 Å². The van der Waals surface area contributed by atoms with Gasteiger partial charge in [-0.25, -0.2) is 0 Å². The molecule has 0 saturated carbocycles. The number of aliphatic hydroxyl groups excluding tert-OH is 1. The second-order valence-corrected chi connectivity index (χ2v) is 2.62. The number of aliphatic hydroxyl groups is 1. The zero-order valence-corrected chi connectivity index (χ0v) is 7.63. The molecule has 0 radical (unpaired) electrons. The summed E-state index contributed by atoms with van der Waals surface area (Å²) in [7, 11) is 1.85. The van der Waals surface area contributed by atoms with E-state index in [1.54, 1.807) is 6.92 Å². The van der Waals surface area contributed by atoms with Gasteiger partial charge in [-0.05, 0) is 27.3 Å². The van der Waals surface area contributed by atoms with Crippen molar-refractivity contribution in [2.45, 2.75) is 32.4 Å². The summed E-state index contributed by atoms with van der Waals surface area (Å²) >= 11 is 0. The lowest BCUT2D eigenvalue weighted by Crippen LogP contribution is -2.36. The molecule has 0 aliphatic rings. The van der Waals surface area contributed by atoms with Crippen LogP contribution in [0.15, 0.2) is 0 Å². The summed E-state index contributed by atoms with van der Waals surface area (Å²) < 4.78 is 5.16. The standard InChI is InChI=1S/C8H19NO2/c1-4-11-6-5-8(9-3)7(2)10/h7-10H,4-6H2,1-3H3/t7-,8?/m1/s1. The van der Waals surface area contributed by atoms with Crippen LogP contribution in [0.2, 0.25) is 0 Å². The molecule has 11 heavy (non-hydrogen) atoms. The van der Waals surface area contributed by atoms with E-state index in [-0.39, 0.29) is 12.1 Å². The van der Waals surface area contributed by atoms with Crippen LogP contribution < -0.4 is 5.32 Å². The van der Waals surface area contributed by atoms with E-state index >= 15 is 0 Å². The van der Waals surface area contributed by atoms with Gasteiger partial charge in [0.1, 0.15) is 0 Å². The molecule has 0 amide bonds. The molecule has 0 aliphatic heterocycles. The van der Waals surface area contributed by atoms with Crippen LogP contribution in [0.5, 0.6) is 0 Å². The van der Waals surface area contributed by atoms with E-state index in [1.165, 1.54) is 0 Å². The highest BCUT2D eigenvalue weighted by molar-refractivity contribution is 4.69. The molecule has 3 nitrogen and oxygen atoms in total. The molecule has 0 spiro atoms. The van der Waals surface area contributed by atoms with Crippen molar-refractivity contribution in [2.24, 2.45) is 0 Å². The third kappa shape index (κ3) is 5.18. The molecule has 0 aromatic carbocycles. The van der Waals surface area contributed by atoms with Gasteiger partial charge < -0.3 is 15.2 Å². The minimum atomic E-state index is -0.305. The van der Waals surface area contributed by atoms with Gasteiger partial charge in [-0.2, -0.15) is 0 Å². The van der Waals surface area contributed by atoms with Crippen LogP contribution in [-0.4, -0.2) is 37.5 Å². The van der Waals surface area contributed by atoms with Crippen LogP contribution in [0.1, 0.15) is 20.3 Å². The molecule has 0 aromatic rings. The molecule has 0 rings (SSSR count). The van der Waals surface area contributed by atoms with Crippen molar-refractivity contribution >= 4 is 0 Å². The molecule has 3 heteroatoms. The van der Waals surface area contributed by atoms with Crippen LogP contribution >= 0.6 is 0 Å². The maximum Gasteiger partial charge on any atom is 0.0665 e. The van der Waals surface area contributed by atoms with Crippen molar-refractivity contribution < 1.29 is 9.84 Å². The molecule has 0 heterocycles. The van der Waals surface area contributed by atoms with Crippen LogP contribution in [-0.2, 0) is 4.74 Å². The fraction of sp³-hybridized carbons (Fsp3) is 1.00. The van der Waals surface area contributed by atoms with Crippen molar-refractivity contribution in [1.29, 1.82) is 0 Å². The minimum absolute atomic E-state index is 0.154. The van der Waals surface area contributed by atoms with E-state index < -0.39 is 0 Å². The predicted octanol–water partition coefficient (Wildman–Crippen LogP) is 0.382. The van der Waals surface area contributed by atoms with Gasteiger partial charge in [0.15, 0.2) is 0 Å². The molecule has 0 bridgehead atoms. The fourth-order valence-electron chi connectivity index (χ4n) is 0.981. The highest BCUT2D eigenvalue weighted by Crippen LogP contribution is 1.97. The Hall–Kier alpha value is -0.120. The van der Waals surface area contributed by atoms with Crippen LogP contribution in [0, 0.1) is 0 Å². The number of ether oxygens (including phenoxy) is 1. The van der Waals surface area contributed by atoms with E-state index in [0.717, 1.165) is 13.0 Å². The van der Waals surface area contributed by atoms with E-state index in [9.17, 15) is 5.11 Å². The highest BCUT2D eigenvalue weighted by Gasteiger charge is 2.10. The average molecular weight is 161 g/mol. The zero-order chi connectivity index (χ0) is 8.69. The Bertz CT molecular complexity index is 86.2. The molecule has 2 N–H and O–H groups in total. The molecule has 68 valence electrons. The van der Waals surface area contributed by atoms with Gasteiger partial charge in [0, 0.05) is 19.3 Å². The zero-order valence-electron chi connectivity index (χ0n) is 7.63. The Morgan fingerprint density at radius 1 is 1.55 bits per heavy atom. The Kier molecular flexibility index (Phi) is 6.51. The lowest BCUT2D eigenvalue weighted by molar-refractivity contribution is 0.0981. The number of likely N-dealkylation sites (N-methyl/N-ethyl adjacent to an activating group) is 1. The number of nitrogens with one attached hydrogen (secondary N) is 1. The normalized spacial score (nSPS) is 16.4. The third-order valence-corrected chi connectivity index (χ3v) is 1.73. The Morgan fingerprint density at radius 2 is 2.18 bits per heavy atom. The van der Waals surface area contributed by atoms with E-state index in [1.807, 2.05) is 14.0 Å². The van der Waals surface area contributed by atoms with Crippen LogP contribution in [0.25, 0.3) is 0 Å². The molecule has 1 unspecified atom stereocenters. The maximum atomic E-state index is 9.19. The van der Waals surface area contributed by atoms with Gasteiger partial charge >= 0.3 is 0 Å².